The van der Waals surface area contributed by atoms with E-state index in [2.05, 4.69) is 184 Å². The van der Waals surface area contributed by atoms with Crippen molar-refractivity contribution in [1.82, 2.24) is 39.9 Å². The second-order valence-electron chi connectivity index (χ2n) is 19.4. The van der Waals surface area contributed by atoms with E-state index in [9.17, 15) is 0 Å². The van der Waals surface area contributed by atoms with E-state index in [4.69, 9.17) is 0 Å². The lowest BCUT2D eigenvalue weighted by Gasteiger charge is -2.07. The van der Waals surface area contributed by atoms with Crippen LogP contribution in [0.25, 0.3) is 44.0 Å². The smallest absolute Gasteiger partial charge is 0.0964 e. The molecule has 0 saturated heterocycles. The fourth-order valence-corrected chi connectivity index (χ4v) is 7.13. The highest BCUT2D eigenvalue weighted by Gasteiger charge is 2.07. The van der Waals surface area contributed by atoms with Gasteiger partial charge in [0.05, 0.1) is 22.4 Å². The molecule has 0 amide bonds. The lowest BCUT2D eigenvalue weighted by molar-refractivity contribution is 0.823. The quantitative estimate of drug-likeness (QED) is 0.146. The first-order chi connectivity index (χ1) is 34.7. The highest BCUT2D eigenvalue weighted by molar-refractivity contribution is 6.02. The Morgan fingerprint density at radius 2 is 0.806 bits per heavy atom. The van der Waals surface area contributed by atoms with Crippen LogP contribution < -0.4 is 0 Å². The first-order valence-electron chi connectivity index (χ1n) is 25.3. The minimum atomic E-state index is 0.506. The minimum Gasteiger partial charge on any atom is -0.265 e. The first kappa shape index (κ1) is 55.3. The van der Waals surface area contributed by atoms with E-state index in [0.717, 1.165) is 33.5 Å². The second-order valence-corrected chi connectivity index (χ2v) is 19.4. The predicted octanol–water partition coefficient (Wildman–Crippen LogP) is 17.1. The van der Waals surface area contributed by atoms with Crippen molar-refractivity contribution in [2.75, 3.05) is 0 Å². The Hall–Kier alpha value is -7.58. The highest BCUT2D eigenvalue weighted by Crippen LogP contribution is 2.25. The van der Waals surface area contributed by atoms with Crippen LogP contribution in [-0.4, -0.2) is 39.9 Å². The van der Waals surface area contributed by atoms with E-state index in [1.807, 2.05) is 123 Å². The van der Waals surface area contributed by atoms with Crippen LogP contribution in [0.5, 0.6) is 0 Å². The van der Waals surface area contributed by atoms with Crippen molar-refractivity contribution < 1.29 is 0 Å². The van der Waals surface area contributed by atoms with E-state index in [1.165, 1.54) is 44.0 Å². The van der Waals surface area contributed by atoms with Crippen molar-refractivity contribution in [2.45, 2.75) is 119 Å². The van der Waals surface area contributed by atoms with Gasteiger partial charge in [0, 0.05) is 90.0 Å². The molecule has 0 radical (unpaired) electrons. The molecule has 0 aliphatic carbocycles. The Balaban J connectivity index is 0.000000164. The van der Waals surface area contributed by atoms with Gasteiger partial charge in [0.2, 0.25) is 0 Å². The molecule has 370 valence electrons. The Labute approximate surface area is 429 Å². The van der Waals surface area contributed by atoms with Gasteiger partial charge in [0.25, 0.3) is 0 Å². The van der Waals surface area contributed by atoms with Gasteiger partial charge in [0.15, 0.2) is 0 Å². The van der Waals surface area contributed by atoms with Gasteiger partial charge in [-0.3, -0.25) is 39.9 Å². The van der Waals surface area contributed by atoms with Crippen molar-refractivity contribution in [3.63, 3.8) is 0 Å². The van der Waals surface area contributed by atoms with Crippen molar-refractivity contribution in [3.8, 4) is 11.4 Å². The maximum atomic E-state index is 4.57. The topological polar surface area (TPSA) is 103 Å². The van der Waals surface area contributed by atoms with Crippen molar-refractivity contribution in [2.24, 2.45) is 0 Å². The lowest BCUT2D eigenvalue weighted by atomic mass is 10.0. The molecular weight excluding hydrogens is 881 g/mol. The van der Waals surface area contributed by atoms with E-state index in [1.54, 1.807) is 12.4 Å². The van der Waals surface area contributed by atoms with Gasteiger partial charge in [-0.2, -0.15) is 0 Å². The molecule has 10 rings (SSSR count). The Kier molecular flexibility index (Phi) is 22.2. The second kappa shape index (κ2) is 28.9. The van der Waals surface area contributed by atoms with Crippen LogP contribution in [-0.2, 0) is 0 Å². The molecule has 8 heteroatoms. The molecule has 0 aliphatic heterocycles. The number of hydrogen-bond donors (Lipinski definition) is 0. The van der Waals surface area contributed by atoms with Crippen LogP contribution in [0.15, 0.2) is 196 Å². The van der Waals surface area contributed by atoms with Crippen LogP contribution in [0, 0.1) is 0 Å². The summed E-state index contributed by atoms with van der Waals surface area (Å²) in [6, 6.07) is 43.2. The number of rotatable bonds is 7. The molecule has 0 unspecified atom stereocenters. The van der Waals surface area contributed by atoms with E-state index in [-0.39, 0.29) is 0 Å². The zero-order chi connectivity index (χ0) is 51.8. The molecule has 0 N–H and O–H groups in total. The fraction of sp³-hybridized carbons (Fsp3) is 0.281. The summed E-state index contributed by atoms with van der Waals surface area (Å²) < 4.78 is 0. The van der Waals surface area contributed by atoms with Gasteiger partial charge < -0.3 is 0 Å². The summed E-state index contributed by atoms with van der Waals surface area (Å²) in [6.07, 6.45) is 20.4. The number of fused-ring (bicyclic) bond motifs is 4. The zero-order valence-electron chi connectivity index (χ0n) is 44.5. The normalized spacial score (nSPS) is 10.7. The predicted molar refractivity (Wildman–Crippen MR) is 304 cm³/mol. The summed E-state index contributed by atoms with van der Waals surface area (Å²) in [5, 5.41) is 4.81. The number of nitrogens with zero attached hydrogens (tertiary/aromatic N) is 8. The Morgan fingerprint density at radius 3 is 1.36 bits per heavy atom. The van der Waals surface area contributed by atoms with Crippen molar-refractivity contribution in [1.29, 1.82) is 0 Å². The standard InChI is InChI=1S/C15H14N2.C13H14N2.C12H13N.3C8H11N/c1-10(2)13-8-12-6-5-11-4-3-7-16-14(11)15(12)17-9-13;1-10(2)11-6-7-13(15-9-11)12-5-3-4-8-14-12;1-9(2)10-3-4-12-8-13-6-5-11(12)7-10;1-7(2)8-3-5-9-6-4-8;1-7(2)8-4-3-5-9-6-8;1-7(2)8-5-3-4-6-9-8/h3-10H,1-2H3;3-10H,1-2H3;3-9H,1-2H3;3*3-7H,1-2H3. The van der Waals surface area contributed by atoms with Crippen LogP contribution in [0.3, 0.4) is 0 Å². The van der Waals surface area contributed by atoms with Crippen LogP contribution in [0.2, 0.25) is 0 Å². The highest BCUT2D eigenvalue weighted by atomic mass is 14.8. The van der Waals surface area contributed by atoms with E-state index < -0.39 is 0 Å². The molecule has 0 spiro atoms. The number of benzene rings is 2. The summed E-state index contributed by atoms with van der Waals surface area (Å²) in [5.41, 5.74) is 11.6. The SMILES string of the molecule is CC(C)c1ccc(-c2ccccn2)nc1.CC(C)c1ccc2cnccc2c1.CC(C)c1ccccn1.CC(C)c1cccnc1.CC(C)c1ccncc1.CC(C)c1cnc2c(ccc3cccnc32)c1. The third kappa shape index (κ3) is 17.7. The Morgan fingerprint density at radius 1 is 0.264 bits per heavy atom. The number of pyridine rings is 8. The van der Waals surface area contributed by atoms with Gasteiger partial charge >= 0.3 is 0 Å². The fourth-order valence-electron chi connectivity index (χ4n) is 7.13. The zero-order valence-corrected chi connectivity index (χ0v) is 44.5. The third-order valence-corrected chi connectivity index (χ3v) is 11.8. The molecule has 2 aromatic carbocycles. The maximum absolute atomic E-state index is 4.57. The van der Waals surface area contributed by atoms with Crippen LogP contribution in [0.4, 0.5) is 0 Å². The molecular formula is C64H74N8. The van der Waals surface area contributed by atoms with Gasteiger partial charge in [-0.15, -0.1) is 0 Å². The summed E-state index contributed by atoms with van der Waals surface area (Å²) >= 11 is 0. The van der Waals surface area contributed by atoms with E-state index in [0.29, 0.717) is 35.5 Å². The summed E-state index contributed by atoms with van der Waals surface area (Å²) in [4.78, 5) is 33.9. The average Bonchev–Trinajstić information content (AvgIpc) is 3.42. The maximum Gasteiger partial charge on any atom is 0.0964 e. The molecule has 0 bridgehead atoms. The molecule has 0 aliphatic rings. The lowest BCUT2D eigenvalue weighted by Crippen LogP contribution is -1.91. The molecule has 10 aromatic rings. The molecule has 0 fully saturated rings. The van der Waals surface area contributed by atoms with Gasteiger partial charge in [-0.1, -0.05) is 144 Å². The molecule has 0 saturated carbocycles. The van der Waals surface area contributed by atoms with Gasteiger partial charge in [-0.05, 0) is 135 Å². The molecule has 72 heavy (non-hydrogen) atoms. The molecule has 8 nitrogen and oxygen atoms in total. The largest absolute Gasteiger partial charge is 0.265 e. The summed E-state index contributed by atoms with van der Waals surface area (Å²) in [7, 11) is 0. The van der Waals surface area contributed by atoms with Crippen molar-refractivity contribution >= 4 is 32.6 Å². The third-order valence-electron chi connectivity index (χ3n) is 11.8. The van der Waals surface area contributed by atoms with Crippen molar-refractivity contribution in [3.05, 3.63) is 229 Å². The number of aromatic nitrogens is 8. The van der Waals surface area contributed by atoms with Gasteiger partial charge in [0.1, 0.15) is 0 Å². The van der Waals surface area contributed by atoms with Gasteiger partial charge in [-0.25, -0.2) is 0 Å². The van der Waals surface area contributed by atoms with E-state index >= 15 is 0 Å². The van der Waals surface area contributed by atoms with Crippen LogP contribution in [0.1, 0.15) is 152 Å². The first-order valence-corrected chi connectivity index (χ1v) is 25.3. The molecule has 8 aromatic heterocycles. The summed E-state index contributed by atoms with van der Waals surface area (Å²) in [6.45, 7) is 26.1. The molecule has 0 atom stereocenters. The molecule has 8 heterocycles. The minimum absolute atomic E-state index is 0.506. The van der Waals surface area contributed by atoms with Crippen LogP contribution >= 0.6 is 0 Å². The Bertz CT molecular complexity index is 2960. The monoisotopic (exact) mass is 955 g/mol. The number of hydrogen-bond acceptors (Lipinski definition) is 8. The average molecular weight is 955 g/mol. The summed E-state index contributed by atoms with van der Waals surface area (Å²) in [5.74, 6) is 3.39.